The number of aryl methyl sites for hydroxylation is 1. The number of nitrogens with one attached hydrogen (secondary N) is 2. The first kappa shape index (κ1) is 17.1. The maximum atomic E-state index is 12.2. The number of amides is 2. The Morgan fingerprint density at radius 2 is 2.12 bits per heavy atom. The molecule has 0 saturated heterocycles. The summed E-state index contributed by atoms with van der Waals surface area (Å²) in [6, 6.07) is 10.4. The summed E-state index contributed by atoms with van der Waals surface area (Å²) in [4.78, 5) is 24.4. The standard InChI is InChI=1S/C18H17ClN2O4/c1-10-3-5-15-13(7-10)21-18(23)16(25-15)9-17(22)20-11-4-6-14(24-2)12(19)8-11/h3-8,16H,9H2,1-2H3,(H,20,22)(H,21,23)/t16-/m0/s1. The molecule has 0 unspecified atom stereocenters. The molecule has 0 spiro atoms. The van der Waals surface area contributed by atoms with Crippen LogP contribution in [0.25, 0.3) is 0 Å². The number of hydrogen-bond donors (Lipinski definition) is 2. The zero-order valence-corrected chi connectivity index (χ0v) is 14.5. The quantitative estimate of drug-likeness (QED) is 0.876. The summed E-state index contributed by atoms with van der Waals surface area (Å²) < 4.78 is 10.7. The van der Waals surface area contributed by atoms with Gasteiger partial charge in [0.15, 0.2) is 6.10 Å². The first-order chi connectivity index (χ1) is 12.0. The van der Waals surface area contributed by atoms with E-state index in [4.69, 9.17) is 21.1 Å². The van der Waals surface area contributed by atoms with Gasteiger partial charge in [0.05, 0.1) is 24.2 Å². The van der Waals surface area contributed by atoms with Gasteiger partial charge in [-0.2, -0.15) is 0 Å². The average Bonchev–Trinajstić information content (AvgIpc) is 2.56. The normalized spacial score (nSPS) is 15.6. The van der Waals surface area contributed by atoms with Gasteiger partial charge in [0, 0.05) is 5.69 Å². The molecule has 1 aliphatic rings. The molecule has 0 aliphatic carbocycles. The van der Waals surface area contributed by atoms with Crippen molar-refractivity contribution in [3.63, 3.8) is 0 Å². The van der Waals surface area contributed by atoms with E-state index in [9.17, 15) is 9.59 Å². The first-order valence-corrected chi connectivity index (χ1v) is 8.05. The average molecular weight is 361 g/mol. The number of carbonyl (C=O) groups excluding carboxylic acids is 2. The van der Waals surface area contributed by atoms with Crippen molar-refractivity contribution < 1.29 is 19.1 Å². The number of anilines is 2. The summed E-state index contributed by atoms with van der Waals surface area (Å²) in [6.45, 7) is 1.92. The lowest BCUT2D eigenvalue weighted by molar-refractivity contribution is -0.128. The predicted molar refractivity (Wildman–Crippen MR) is 95.5 cm³/mol. The number of benzene rings is 2. The second-order valence-corrected chi connectivity index (χ2v) is 6.10. The largest absolute Gasteiger partial charge is 0.495 e. The molecular formula is C18H17ClN2O4. The fourth-order valence-corrected chi connectivity index (χ4v) is 2.78. The van der Waals surface area contributed by atoms with Gasteiger partial charge in [-0.3, -0.25) is 9.59 Å². The van der Waals surface area contributed by atoms with E-state index in [1.165, 1.54) is 7.11 Å². The van der Waals surface area contributed by atoms with Crippen LogP contribution in [0.2, 0.25) is 5.02 Å². The highest BCUT2D eigenvalue weighted by Crippen LogP contribution is 2.31. The van der Waals surface area contributed by atoms with E-state index < -0.39 is 6.10 Å². The van der Waals surface area contributed by atoms with Crippen molar-refractivity contribution in [1.29, 1.82) is 0 Å². The molecule has 7 heteroatoms. The van der Waals surface area contributed by atoms with Crippen LogP contribution in [-0.2, 0) is 9.59 Å². The molecule has 1 aliphatic heterocycles. The molecule has 25 heavy (non-hydrogen) atoms. The smallest absolute Gasteiger partial charge is 0.266 e. The lowest BCUT2D eigenvalue weighted by atomic mass is 10.1. The van der Waals surface area contributed by atoms with Crippen molar-refractivity contribution in [2.24, 2.45) is 0 Å². The monoisotopic (exact) mass is 360 g/mol. The van der Waals surface area contributed by atoms with Crippen LogP contribution in [0, 0.1) is 6.92 Å². The molecule has 0 radical (unpaired) electrons. The Morgan fingerprint density at radius 1 is 1.32 bits per heavy atom. The van der Waals surface area contributed by atoms with Crippen molar-refractivity contribution in [2.75, 3.05) is 17.7 Å². The highest BCUT2D eigenvalue weighted by molar-refractivity contribution is 6.32. The van der Waals surface area contributed by atoms with Gasteiger partial charge in [-0.25, -0.2) is 0 Å². The molecule has 6 nitrogen and oxygen atoms in total. The maximum Gasteiger partial charge on any atom is 0.266 e. The van der Waals surface area contributed by atoms with Gasteiger partial charge in [0.1, 0.15) is 11.5 Å². The second kappa shape index (κ2) is 7.03. The minimum atomic E-state index is -0.885. The van der Waals surface area contributed by atoms with Crippen molar-refractivity contribution in [3.05, 3.63) is 47.0 Å². The van der Waals surface area contributed by atoms with Gasteiger partial charge in [0.2, 0.25) is 5.91 Å². The second-order valence-electron chi connectivity index (χ2n) is 5.70. The maximum absolute atomic E-state index is 12.2. The lowest BCUT2D eigenvalue weighted by Crippen LogP contribution is -2.39. The molecule has 0 aromatic heterocycles. The van der Waals surface area contributed by atoms with E-state index in [1.807, 2.05) is 19.1 Å². The molecule has 2 aromatic carbocycles. The van der Waals surface area contributed by atoms with Crippen LogP contribution >= 0.6 is 11.6 Å². The Bertz CT molecular complexity index is 838. The van der Waals surface area contributed by atoms with Gasteiger partial charge >= 0.3 is 0 Å². The minimum Gasteiger partial charge on any atom is -0.495 e. The van der Waals surface area contributed by atoms with Crippen molar-refractivity contribution in [1.82, 2.24) is 0 Å². The molecule has 2 aromatic rings. The third kappa shape index (κ3) is 3.85. The van der Waals surface area contributed by atoms with Gasteiger partial charge in [-0.05, 0) is 42.8 Å². The van der Waals surface area contributed by atoms with Crippen LogP contribution in [-0.4, -0.2) is 25.0 Å². The molecule has 2 amide bonds. The molecule has 0 fully saturated rings. The van der Waals surface area contributed by atoms with Crippen LogP contribution in [0.5, 0.6) is 11.5 Å². The van der Waals surface area contributed by atoms with Crippen molar-refractivity contribution >= 4 is 34.8 Å². The summed E-state index contributed by atoms with van der Waals surface area (Å²) in [5.41, 5.74) is 2.14. The van der Waals surface area contributed by atoms with Crippen LogP contribution in [0.15, 0.2) is 36.4 Å². The van der Waals surface area contributed by atoms with Gasteiger partial charge in [-0.1, -0.05) is 17.7 Å². The zero-order chi connectivity index (χ0) is 18.0. The van der Waals surface area contributed by atoms with Crippen molar-refractivity contribution in [3.8, 4) is 11.5 Å². The molecule has 1 heterocycles. The highest BCUT2D eigenvalue weighted by atomic mass is 35.5. The summed E-state index contributed by atoms with van der Waals surface area (Å²) in [7, 11) is 1.51. The number of carbonyl (C=O) groups is 2. The van der Waals surface area contributed by atoms with Crippen LogP contribution < -0.4 is 20.1 Å². The van der Waals surface area contributed by atoms with Crippen LogP contribution in [0.1, 0.15) is 12.0 Å². The van der Waals surface area contributed by atoms with Gasteiger partial charge in [-0.15, -0.1) is 0 Å². The highest BCUT2D eigenvalue weighted by Gasteiger charge is 2.29. The van der Waals surface area contributed by atoms with Crippen LogP contribution in [0.4, 0.5) is 11.4 Å². The Balaban J connectivity index is 1.66. The Labute approximate surface area is 150 Å². The van der Waals surface area contributed by atoms with E-state index in [1.54, 1.807) is 24.3 Å². The van der Waals surface area contributed by atoms with E-state index in [2.05, 4.69) is 10.6 Å². The fraction of sp³-hybridized carbons (Fsp3) is 0.222. The number of fused-ring (bicyclic) bond motifs is 1. The summed E-state index contributed by atoms with van der Waals surface area (Å²) in [5.74, 6) is 0.370. The minimum absolute atomic E-state index is 0.108. The fourth-order valence-electron chi connectivity index (χ4n) is 2.52. The summed E-state index contributed by atoms with van der Waals surface area (Å²) in [6.07, 6.45) is -0.994. The summed E-state index contributed by atoms with van der Waals surface area (Å²) in [5, 5.41) is 5.84. The van der Waals surface area contributed by atoms with Gasteiger partial charge in [0.25, 0.3) is 5.91 Å². The number of methoxy groups -OCH3 is 1. The van der Waals surface area contributed by atoms with E-state index in [0.717, 1.165) is 5.56 Å². The molecule has 130 valence electrons. The molecular weight excluding hydrogens is 344 g/mol. The number of ether oxygens (including phenoxy) is 2. The third-order valence-electron chi connectivity index (χ3n) is 3.76. The van der Waals surface area contributed by atoms with Crippen LogP contribution in [0.3, 0.4) is 0 Å². The lowest BCUT2D eigenvalue weighted by Gasteiger charge is -2.25. The van der Waals surface area contributed by atoms with E-state index in [-0.39, 0.29) is 18.2 Å². The predicted octanol–water partition coefficient (Wildman–Crippen LogP) is 3.39. The number of hydrogen-bond acceptors (Lipinski definition) is 4. The SMILES string of the molecule is COc1ccc(NC(=O)C[C@@H]2Oc3ccc(C)cc3NC2=O)cc1Cl. The van der Waals surface area contributed by atoms with Crippen molar-refractivity contribution in [2.45, 2.75) is 19.4 Å². The van der Waals surface area contributed by atoms with E-state index >= 15 is 0 Å². The molecule has 0 bridgehead atoms. The molecule has 2 N–H and O–H groups in total. The Morgan fingerprint density at radius 3 is 2.84 bits per heavy atom. The zero-order valence-electron chi connectivity index (χ0n) is 13.8. The summed E-state index contributed by atoms with van der Waals surface area (Å²) >= 11 is 6.03. The molecule has 3 rings (SSSR count). The molecule has 0 saturated carbocycles. The van der Waals surface area contributed by atoms with E-state index in [0.29, 0.717) is 27.9 Å². The number of halogens is 1. The number of rotatable bonds is 4. The van der Waals surface area contributed by atoms with Gasteiger partial charge < -0.3 is 20.1 Å². The Hall–Kier alpha value is -2.73. The first-order valence-electron chi connectivity index (χ1n) is 7.68. The third-order valence-corrected chi connectivity index (χ3v) is 4.06. The molecule has 1 atom stereocenters. The Kier molecular flexibility index (Phi) is 4.81. The topological polar surface area (TPSA) is 76.7 Å².